The van der Waals surface area contributed by atoms with Crippen LogP contribution in [0.25, 0.3) is 0 Å². The van der Waals surface area contributed by atoms with Gasteiger partial charge in [0.2, 0.25) is 0 Å². The van der Waals surface area contributed by atoms with Gasteiger partial charge in [-0.15, -0.1) is 0 Å². The molecule has 0 radical (unpaired) electrons. The summed E-state index contributed by atoms with van der Waals surface area (Å²) >= 11 is -1.97. The summed E-state index contributed by atoms with van der Waals surface area (Å²) < 4.78 is 21.7. The molecule has 4 nitrogen and oxygen atoms in total. The molecule has 100 valence electrons. The molecule has 0 bridgehead atoms. The number of hydrogen-bond donors (Lipinski definition) is 2. The van der Waals surface area contributed by atoms with Crippen molar-refractivity contribution in [3.63, 3.8) is 0 Å². The third-order valence-corrected chi connectivity index (χ3v) is 5.15. The lowest BCUT2D eigenvalue weighted by Gasteiger charge is -2.38. The van der Waals surface area contributed by atoms with Crippen LogP contribution in [-0.2, 0) is 11.3 Å². The summed E-state index contributed by atoms with van der Waals surface area (Å²) in [4.78, 5) is 0. The zero-order valence-corrected chi connectivity index (χ0v) is 11.5. The minimum Gasteiger partial charge on any atom is -0.394 e. The lowest BCUT2D eigenvalue weighted by atomic mass is 9.94. The van der Waals surface area contributed by atoms with E-state index in [0.717, 1.165) is 31.4 Å². The van der Waals surface area contributed by atoms with Crippen molar-refractivity contribution in [3.05, 3.63) is 24.3 Å². The van der Waals surface area contributed by atoms with Crippen molar-refractivity contribution >= 4 is 22.6 Å². The largest absolute Gasteiger partial charge is 0.394 e. The fraction of sp³-hybridized carbons (Fsp3) is 0.538. The second-order valence-electron chi connectivity index (χ2n) is 5.07. The number of nitrogens with zero attached hydrogens (tertiary/aromatic N) is 1. The minimum absolute atomic E-state index is 0.0205. The zero-order chi connectivity index (χ0) is 13.2. The molecular weight excluding hydrogens is 248 g/mol. The van der Waals surface area contributed by atoms with Gasteiger partial charge in [-0.2, -0.15) is 8.10 Å². The number of anilines is 1. The molecule has 2 unspecified atom stereocenters. The second kappa shape index (κ2) is 5.38. The topological polar surface area (TPSA) is 63.3 Å². The first-order valence-electron chi connectivity index (χ1n) is 6.39. The molecule has 5 heteroatoms. The first-order chi connectivity index (χ1) is 8.56. The Morgan fingerprint density at radius 2 is 1.89 bits per heavy atom. The van der Waals surface area contributed by atoms with E-state index in [1.165, 1.54) is 6.42 Å². The van der Waals surface area contributed by atoms with Crippen LogP contribution in [0, 0.1) is 0 Å². The molecule has 0 spiro atoms. The van der Waals surface area contributed by atoms with Gasteiger partial charge in [0.25, 0.3) is 0 Å². The summed E-state index contributed by atoms with van der Waals surface area (Å²) in [5, 5.41) is 0. The number of nitrogens with two attached hydrogens (primary N) is 1. The van der Waals surface area contributed by atoms with E-state index < -0.39 is 11.3 Å². The van der Waals surface area contributed by atoms with Crippen molar-refractivity contribution in [1.29, 1.82) is 0 Å². The van der Waals surface area contributed by atoms with Crippen molar-refractivity contribution in [1.82, 2.24) is 3.89 Å². The zero-order valence-electron chi connectivity index (χ0n) is 10.7. The predicted octanol–water partition coefficient (Wildman–Crippen LogP) is 2.68. The highest BCUT2D eigenvalue weighted by atomic mass is 32.2. The summed E-state index contributed by atoms with van der Waals surface area (Å²) in [5.74, 6) is 0. The van der Waals surface area contributed by atoms with Crippen molar-refractivity contribution in [2.45, 2.75) is 38.1 Å². The van der Waals surface area contributed by atoms with E-state index in [2.05, 4.69) is 0 Å². The highest BCUT2D eigenvalue weighted by molar-refractivity contribution is 7.78. The average Bonchev–Trinajstić information content (AvgIpc) is 2.39. The van der Waals surface area contributed by atoms with Crippen molar-refractivity contribution in [2.24, 2.45) is 0 Å². The maximum Gasteiger partial charge on any atom is 0.363 e. The SMILES string of the molecule is C[N+](c1ccccc1N)(C1CCCCC1)S(=O)O. The Balaban J connectivity index is 2.43. The van der Waals surface area contributed by atoms with E-state index in [0.29, 0.717) is 5.69 Å². The summed E-state index contributed by atoms with van der Waals surface area (Å²) in [5.41, 5.74) is 7.34. The molecule has 1 aliphatic carbocycles. The molecule has 1 aromatic carbocycles. The molecule has 2 rings (SSSR count). The number of hydrogen-bond acceptors (Lipinski definition) is 2. The molecule has 1 aliphatic rings. The normalized spacial score (nSPS) is 22.3. The lowest BCUT2D eigenvalue weighted by Crippen LogP contribution is -2.55. The van der Waals surface area contributed by atoms with Crippen LogP contribution in [0.4, 0.5) is 11.4 Å². The third kappa shape index (κ3) is 2.30. The van der Waals surface area contributed by atoms with Gasteiger partial charge in [0, 0.05) is 18.9 Å². The van der Waals surface area contributed by atoms with Crippen LogP contribution in [-0.4, -0.2) is 21.9 Å². The Hall–Kier alpha value is -0.910. The third-order valence-electron chi connectivity index (χ3n) is 4.01. The Labute approximate surface area is 111 Å². The second-order valence-corrected chi connectivity index (χ2v) is 6.29. The molecule has 0 amide bonds. The molecule has 0 aromatic heterocycles. The van der Waals surface area contributed by atoms with Gasteiger partial charge in [0.05, 0.1) is 12.7 Å². The first kappa shape index (κ1) is 13.5. The molecule has 0 aliphatic heterocycles. The van der Waals surface area contributed by atoms with E-state index in [1.54, 1.807) is 6.07 Å². The maximum atomic E-state index is 11.9. The fourth-order valence-corrected chi connectivity index (χ4v) is 3.67. The standard InChI is InChI=1S/C13H20N2O2S/c1-15(18(16)17,11-7-3-2-4-8-11)13-10-6-5-9-12(13)14/h5-6,9-11H,2-4,7-8,14H2,1H3/p+1. The van der Waals surface area contributed by atoms with Gasteiger partial charge in [-0.3, -0.25) is 4.55 Å². The van der Waals surface area contributed by atoms with Crippen LogP contribution >= 0.6 is 0 Å². The van der Waals surface area contributed by atoms with Gasteiger partial charge >= 0.3 is 11.3 Å². The molecule has 1 fully saturated rings. The van der Waals surface area contributed by atoms with Crippen molar-refractivity contribution < 1.29 is 8.76 Å². The maximum absolute atomic E-state index is 11.9. The smallest absolute Gasteiger partial charge is 0.363 e. The number of quaternary nitrogens is 1. The Morgan fingerprint density at radius 1 is 1.28 bits per heavy atom. The minimum atomic E-state index is -1.97. The van der Waals surface area contributed by atoms with Crippen LogP contribution in [0.1, 0.15) is 32.1 Å². The first-order valence-corrected chi connectivity index (χ1v) is 7.46. The highest BCUT2D eigenvalue weighted by Gasteiger charge is 2.42. The Kier molecular flexibility index (Phi) is 4.04. The number of rotatable bonds is 3. The lowest BCUT2D eigenvalue weighted by molar-refractivity contribution is 0.280. The molecule has 0 saturated heterocycles. The molecule has 18 heavy (non-hydrogen) atoms. The number of para-hydroxylation sites is 2. The monoisotopic (exact) mass is 269 g/mol. The average molecular weight is 269 g/mol. The van der Waals surface area contributed by atoms with Crippen LogP contribution < -0.4 is 9.62 Å². The Morgan fingerprint density at radius 3 is 2.44 bits per heavy atom. The Bertz CT molecular complexity index is 446. The summed E-state index contributed by atoms with van der Waals surface area (Å²) in [6.07, 6.45) is 5.44. The van der Waals surface area contributed by atoms with Gasteiger partial charge in [-0.05, 0) is 18.9 Å². The quantitative estimate of drug-likeness (QED) is 0.504. The van der Waals surface area contributed by atoms with Crippen LogP contribution in [0.15, 0.2) is 24.3 Å². The summed E-state index contributed by atoms with van der Waals surface area (Å²) in [6, 6.07) is 7.55. The number of benzene rings is 1. The van der Waals surface area contributed by atoms with E-state index in [-0.39, 0.29) is 9.93 Å². The van der Waals surface area contributed by atoms with Gasteiger partial charge in [0.1, 0.15) is 6.04 Å². The molecular formula is C13H21N2O2S+. The van der Waals surface area contributed by atoms with E-state index in [4.69, 9.17) is 5.73 Å². The summed E-state index contributed by atoms with van der Waals surface area (Å²) in [6.45, 7) is 0. The van der Waals surface area contributed by atoms with Crippen LogP contribution in [0.2, 0.25) is 0 Å². The van der Waals surface area contributed by atoms with Crippen LogP contribution in [0.5, 0.6) is 0 Å². The molecule has 2 atom stereocenters. The molecule has 1 aromatic rings. The van der Waals surface area contributed by atoms with E-state index >= 15 is 0 Å². The molecule has 1 saturated carbocycles. The summed E-state index contributed by atoms with van der Waals surface area (Å²) in [7, 11) is 1.82. The highest BCUT2D eigenvalue weighted by Crippen LogP contribution is 2.37. The van der Waals surface area contributed by atoms with Gasteiger partial charge < -0.3 is 5.73 Å². The molecule has 3 N–H and O–H groups in total. The number of nitrogen functional groups attached to an aromatic ring is 1. The van der Waals surface area contributed by atoms with Crippen LogP contribution in [0.3, 0.4) is 0 Å². The van der Waals surface area contributed by atoms with Crippen molar-refractivity contribution in [2.75, 3.05) is 12.8 Å². The molecule has 0 heterocycles. The van der Waals surface area contributed by atoms with Gasteiger partial charge in [-0.1, -0.05) is 18.6 Å². The van der Waals surface area contributed by atoms with Gasteiger partial charge in [-0.25, -0.2) is 0 Å². The van der Waals surface area contributed by atoms with E-state index in [1.807, 2.05) is 25.2 Å². The van der Waals surface area contributed by atoms with E-state index in [9.17, 15) is 8.76 Å². The predicted molar refractivity (Wildman–Crippen MR) is 76.2 cm³/mol. The van der Waals surface area contributed by atoms with Gasteiger partial charge in [0.15, 0.2) is 5.69 Å². The van der Waals surface area contributed by atoms with Crippen molar-refractivity contribution in [3.8, 4) is 0 Å². The fourth-order valence-electron chi connectivity index (χ4n) is 2.87.